The van der Waals surface area contributed by atoms with Crippen molar-refractivity contribution in [1.29, 1.82) is 0 Å². The Labute approximate surface area is 66.6 Å². The van der Waals surface area contributed by atoms with Crippen LogP contribution in [0.4, 0.5) is 0 Å². The van der Waals surface area contributed by atoms with Gasteiger partial charge in [0.15, 0.2) is 9.84 Å². The summed E-state index contributed by atoms with van der Waals surface area (Å²) in [6.45, 7) is 0.324. The zero-order valence-electron chi connectivity index (χ0n) is 6.70. The van der Waals surface area contributed by atoms with Crippen molar-refractivity contribution in [3.63, 3.8) is 0 Å². The van der Waals surface area contributed by atoms with Crippen molar-refractivity contribution in [2.24, 2.45) is 5.73 Å². The summed E-state index contributed by atoms with van der Waals surface area (Å²) in [5, 5.41) is -0.394. The van der Waals surface area contributed by atoms with Crippen molar-refractivity contribution in [2.45, 2.75) is 17.2 Å². The number of sulfone groups is 1. The number of nitrogens with two attached hydrogens (primary N) is 1. The van der Waals surface area contributed by atoms with Crippen LogP contribution in [0.15, 0.2) is 0 Å². The molecule has 66 valence electrons. The molecule has 0 heterocycles. The molecule has 1 fully saturated rings. The summed E-state index contributed by atoms with van der Waals surface area (Å²) in [5.41, 5.74) is 5.07. The minimum atomic E-state index is -2.96. The van der Waals surface area contributed by atoms with Crippen molar-refractivity contribution in [2.75, 3.05) is 20.0 Å². The van der Waals surface area contributed by atoms with Crippen molar-refractivity contribution in [3.05, 3.63) is 0 Å². The Hall–Kier alpha value is -0.130. The number of hydrogen-bond acceptors (Lipinski definition) is 4. The minimum absolute atomic E-state index is 0.324. The molecule has 0 aromatic rings. The van der Waals surface area contributed by atoms with E-state index in [1.54, 1.807) is 0 Å². The molecule has 11 heavy (non-hydrogen) atoms. The highest BCUT2D eigenvalue weighted by Crippen LogP contribution is 2.39. The van der Waals surface area contributed by atoms with E-state index in [4.69, 9.17) is 10.5 Å². The molecular formula is C6H13NO3S. The average Bonchev–Trinajstić information content (AvgIpc) is 2.41. The van der Waals surface area contributed by atoms with E-state index < -0.39 is 20.6 Å². The van der Waals surface area contributed by atoms with Gasteiger partial charge in [-0.2, -0.15) is 0 Å². The monoisotopic (exact) mass is 179 g/mol. The van der Waals surface area contributed by atoms with Crippen LogP contribution in [0.25, 0.3) is 0 Å². The van der Waals surface area contributed by atoms with E-state index in [-0.39, 0.29) is 0 Å². The lowest BCUT2D eigenvalue weighted by Crippen LogP contribution is -2.34. The summed E-state index contributed by atoms with van der Waals surface area (Å²) in [5.74, 6) is 0. The highest BCUT2D eigenvalue weighted by atomic mass is 32.2. The van der Waals surface area contributed by atoms with E-state index in [9.17, 15) is 8.42 Å². The third kappa shape index (κ3) is 1.72. The van der Waals surface area contributed by atoms with E-state index in [1.807, 2.05) is 0 Å². The molecule has 2 N–H and O–H groups in total. The zero-order chi connectivity index (χ0) is 8.70. The van der Waals surface area contributed by atoms with Crippen LogP contribution in [0, 0.1) is 0 Å². The van der Waals surface area contributed by atoms with E-state index in [0.717, 1.165) is 0 Å². The molecule has 0 bridgehead atoms. The third-order valence-electron chi connectivity index (χ3n) is 1.98. The molecule has 0 aromatic carbocycles. The van der Waals surface area contributed by atoms with Gasteiger partial charge in [-0.25, -0.2) is 8.42 Å². The van der Waals surface area contributed by atoms with Gasteiger partial charge in [0.1, 0.15) is 0 Å². The third-order valence-corrected chi connectivity index (χ3v) is 3.65. The van der Waals surface area contributed by atoms with Crippen molar-refractivity contribution >= 4 is 9.84 Å². The molecule has 1 saturated carbocycles. The summed E-state index contributed by atoms with van der Waals surface area (Å²) in [4.78, 5) is 0. The van der Waals surface area contributed by atoms with Gasteiger partial charge in [0.25, 0.3) is 0 Å². The minimum Gasteiger partial charge on any atom is -0.383 e. The average molecular weight is 179 g/mol. The maximum Gasteiger partial charge on any atom is 0.152 e. The lowest BCUT2D eigenvalue weighted by Gasteiger charge is -2.07. The number of methoxy groups -OCH3 is 1. The Balaban J connectivity index is 2.60. The summed E-state index contributed by atoms with van der Waals surface area (Å²) in [6, 6.07) is 0. The highest BCUT2D eigenvalue weighted by Gasteiger charge is 2.57. The predicted molar refractivity (Wildman–Crippen MR) is 42.0 cm³/mol. The molecule has 1 rings (SSSR count). The van der Waals surface area contributed by atoms with Crippen molar-refractivity contribution in [1.82, 2.24) is 0 Å². The summed E-state index contributed by atoms with van der Waals surface area (Å²) in [7, 11) is -1.44. The highest BCUT2D eigenvalue weighted by molar-refractivity contribution is 7.91. The predicted octanol–water partition coefficient (Wildman–Crippen LogP) is -0.853. The fourth-order valence-electron chi connectivity index (χ4n) is 1.28. The van der Waals surface area contributed by atoms with Gasteiger partial charge in [0.2, 0.25) is 0 Å². The fraction of sp³-hybridized carbons (Fsp3) is 1.00. The van der Waals surface area contributed by atoms with Gasteiger partial charge in [0, 0.05) is 13.4 Å². The Morgan fingerprint density at radius 2 is 2.27 bits per heavy atom. The van der Waals surface area contributed by atoms with Gasteiger partial charge in [-0.05, 0) is 6.42 Å². The second-order valence-electron chi connectivity index (χ2n) is 3.19. The lowest BCUT2D eigenvalue weighted by atomic mass is 10.3. The molecule has 0 unspecified atom stereocenters. The normalized spacial score (nSPS) is 37.2. The topological polar surface area (TPSA) is 69.4 Å². The first kappa shape index (κ1) is 8.96. The summed E-state index contributed by atoms with van der Waals surface area (Å²) >= 11 is 0. The summed E-state index contributed by atoms with van der Waals surface area (Å²) < 4.78 is 26.7. The molecule has 0 radical (unpaired) electrons. The van der Waals surface area contributed by atoms with Crippen molar-refractivity contribution in [3.8, 4) is 0 Å². The zero-order valence-corrected chi connectivity index (χ0v) is 7.52. The van der Waals surface area contributed by atoms with E-state index in [0.29, 0.717) is 13.0 Å². The molecule has 0 amide bonds. The molecule has 0 aliphatic heterocycles. The first-order valence-electron chi connectivity index (χ1n) is 3.37. The van der Waals surface area contributed by atoms with Crippen LogP contribution in [0.2, 0.25) is 0 Å². The van der Waals surface area contributed by atoms with Gasteiger partial charge in [-0.3, -0.25) is 0 Å². The number of hydrogen-bond donors (Lipinski definition) is 1. The first-order valence-corrected chi connectivity index (χ1v) is 5.32. The van der Waals surface area contributed by atoms with Crippen LogP contribution < -0.4 is 5.73 Å². The molecule has 4 nitrogen and oxygen atoms in total. The van der Waals surface area contributed by atoms with Crippen LogP contribution in [-0.4, -0.2) is 39.2 Å². The van der Waals surface area contributed by atoms with Crippen LogP contribution in [0.5, 0.6) is 0 Å². The molecule has 1 aliphatic rings. The number of ether oxygens (including phenoxy) is 1. The Kier molecular flexibility index (Phi) is 1.98. The second kappa shape index (κ2) is 2.43. The summed E-state index contributed by atoms with van der Waals surface area (Å²) in [6.07, 6.45) is 1.74. The van der Waals surface area contributed by atoms with Crippen LogP contribution in [0.1, 0.15) is 6.42 Å². The molecule has 0 saturated heterocycles. The smallest absolute Gasteiger partial charge is 0.152 e. The quantitative estimate of drug-likeness (QED) is 0.612. The molecule has 2 atom stereocenters. The lowest BCUT2D eigenvalue weighted by molar-refractivity contribution is 0.173. The van der Waals surface area contributed by atoms with Gasteiger partial charge >= 0.3 is 0 Å². The van der Waals surface area contributed by atoms with Gasteiger partial charge in [-0.15, -0.1) is 0 Å². The van der Waals surface area contributed by atoms with Crippen molar-refractivity contribution < 1.29 is 13.2 Å². The SMILES string of the molecule is COC[C@@]1(N)C[C@H]1S(C)(=O)=O. The fourth-order valence-corrected chi connectivity index (χ4v) is 2.82. The van der Waals surface area contributed by atoms with Gasteiger partial charge < -0.3 is 10.5 Å². The van der Waals surface area contributed by atoms with Crippen LogP contribution in [0.3, 0.4) is 0 Å². The molecule has 5 heteroatoms. The largest absolute Gasteiger partial charge is 0.383 e. The van der Waals surface area contributed by atoms with Gasteiger partial charge in [-0.1, -0.05) is 0 Å². The van der Waals surface area contributed by atoms with Crippen LogP contribution in [-0.2, 0) is 14.6 Å². The standard InChI is InChI=1S/C6H13NO3S/c1-10-4-6(7)3-5(6)11(2,8)9/h5H,3-4,7H2,1-2H3/t5-,6+/m1/s1. The second-order valence-corrected chi connectivity index (χ2v) is 5.42. The molecule has 0 aromatic heterocycles. The first-order chi connectivity index (χ1) is 4.90. The van der Waals surface area contributed by atoms with Gasteiger partial charge in [0.05, 0.1) is 17.4 Å². The molecule has 1 aliphatic carbocycles. The Morgan fingerprint density at radius 3 is 2.55 bits per heavy atom. The van der Waals surface area contributed by atoms with E-state index in [2.05, 4.69) is 0 Å². The van der Waals surface area contributed by atoms with Crippen LogP contribution >= 0.6 is 0 Å². The Morgan fingerprint density at radius 1 is 1.73 bits per heavy atom. The van der Waals surface area contributed by atoms with E-state index >= 15 is 0 Å². The molecule has 0 spiro atoms. The maximum atomic E-state index is 10.9. The molecular weight excluding hydrogens is 166 g/mol. The number of rotatable bonds is 3. The Bertz CT molecular complexity index is 249. The maximum absolute atomic E-state index is 10.9. The van der Waals surface area contributed by atoms with E-state index in [1.165, 1.54) is 13.4 Å².